The topological polar surface area (TPSA) is 103 Å². The van der Waals surface area contributed by atoms with E-state index in [4.69, 9.17) is 4.28 Å². The molecule has 3 aromatic carbocycles. The summed E-state index contributed by atoms with van der Waals surface area (Å²) >= 11 is 1.08. The summed E-state index contributed by atoms with van der Waals surface area (Å²) in [7, 11) is 5.29. The molecule has 0 saturated carbocycles. The molecule has 4 rings (SSSR count). The summed E-state index contributed by atoms with van der Waals surface area (Å²) in [6, 6.07) is 20.4. The van der Waals surface area contributed by atoms with Gasteiger partial charge in [0, 0.05) is 24.2 Å². The Morgan fingerprint density at radius 3 is 2.13 bits per heavy atom. The Morgan fingerprint density at radius 1 is 0.978 bits per heavy atom. The largest absolute Gasteiger partial charge is 0.346 e. The van der Waals surface area contributed by atoms with Crippen LogP contribution in [0.1, 0.15) is 64.6 Å². The number of ketones is 1. The van der Waals surface area contributed by atoms with Crippen LogP contribution in [0.25, 0.3) is 0 Å². The molecule has 1 unspecified atom stereocenters. The van der Waals surface area contributed by atoms with Crippen LogP contribution in [-0.2, 0) is 9.08 Å². The van der Waals surface area contributed by atoms with Gasteiger partial charge in [-0.25, -0.2) is 13.8 Å². The lowest BCUT2D eigenvalue weighted by Gasteiger charge is -2.21. The lowest BCUT2D eigenvalue weighted by molar-refractivity contribution is -0.119. The van der Waals surface area contributed by atoms with Crippen molar-refractivity contribution in [1.29, 1.82) is 0 Å². The van der Waals surface area contributed by atoms with Crippen LogP contribution in [0.2, 0.25) is 0 Å². The number of halogens is 1. The van der Waals surface area contributed by atoms with Gasteiger partial charge < -0.3 is 16.0 Å². The Bertz CT molecular complexity index is 1400. The minimum atomic E-state index is -0.476. The first-order valence-corrected chi connectivity index (χ1v) is 15.2. The summed E-state index contributed by atoms with van der Waals surface area (Å²) in [5.41, 5.74) is 2.98. The maximum Gasteiger partial charge on any atom is 0.251 e. The third kappa shape index (κ3) is 12.5. The van der Waals surface area contributed by atoms with Crippen molar-refractivity contribution < 1.29 is 23.1 Å². The molecule has 45 heavy (non-hydrogen) atoms. The highest BCUT2D eigenvalue weighted by atomic mass is 32.2. The van der Waals surface area contributed by atoms with E-state index in [0.717, 1.165) is 30.6 Å². The molecule has 1 aliphatic rings. The number of rotatable bonds is 11. The molecule has 3 N–H and O–H groups in total. The van der Waals surface area contributed by atoms with E-state index >= 15 is 0 Å². The molecule has 3 atom stereocenters. The van der Waals surface area contributed by atoms with Crippen LogP contribution in [0, 0.1) is 12.7 Å². The molecule has 0 radical (unpaired) electrons. The number of hydroxylamine groups is 1. The van der Waals surface area contributed by atoms with Gasteiger partial charge in [0.1, 0.15) is 18.0 Å². The summed E-state index contributed by atoms with van der Waals surface area (Å²) in [5.74, 6) is -1.33. The van der Waals surface area contributed by atoms with E-state index < -0.39 is 17.9 Å². The van der Waals surface area contributed by atoms with Crippen LogP contribution in [0.15, 0.2) is 72.8 Å². The summed E-state index contributed by atoms with van der Waals surface area (Å²) in [6.45, 7) is 5.78. The number of nitrogens with zero attached hydrogens (tertiary/aromatic N) is 2. The number of amides is 2. The zero-order chi connectivity index (χ0) is 32.2. The molecule has 3 aromatic rings. The average Bonchev–Trinajstić information content (AvgIpc) is 3.45. The minimum Gasteiger partial charge on any atom is -0.346 e. The quantitative estimate of drug-likeness (QED) is 0.144. The van der Waals surface area contributed by atoms with E-state index in [1.807, 2.05) is 39.2 Å². The Morgan fingerprint density at radius 2 is 1.60 bits per heavy atom. The van der Waals surface area contributed by atoms with Gasteiger partial charge in [-0.1, -0.05) is 48.0 Å². The molecule has 1 fully saturated rings. The van der Waals surface area contributed by atoms with E-state index in [-0.39, 0.29) is 54.9 Å². The van der Waals surface area contributed by atoms with Gasteiger partial charge in [-0.2, -0.15) is 17.8 Å². The number of carbonyl (C=O) groups is 3. The van der Waals surface area contributed by atoms with Gasteiger partial charge in [-0.3, -0.25) is 14.4 Å². The van der Waals surface area contributed by atoms with Gasteiger partial charge in [0.05, 0.1) is 24.3 Å². The fourth-order valence-electron chi connectivity index (χ4n) is 4.44. The number of carbonyl (C=O) groups excluding carboxylic acids is 3. The summed E-state index contributed by atoms with van der Waals surface area (Å²) in [5, 5.41) is 10.2. The number of aryl methyl sites for hydroxylation is 1. The first kappa shape index (κ1) is 37.8. The average molecular weight is 658 g/mol. The van der Waals surface area contributed by atoms with E-state index in [1.54, 1.807) is 42.5 Å². The van der Waals surface area contributed by atoms with E-state index in [9.17, 15) is 18.8 Å². The minimum absolute atomic E-state index is 0. The highest BCUT2D eigenvalue weighted by Crippen LogP contribution is 2.23. The molecule has 1 aliphatic heterocycles. The second-order valence-electron chi connectivity index (χ2n) is 11.0. The molecule has 0 bridgehead atoms. The van der Waals surface area contributed by atoms with Crippen molar-refractivity contribution >= 4 is 49.0 Å². The second kappa shape index (κ2) is 18.5. The molecule has 244 valence electrons. The number of anilines is 1. The van der Waals surface area contributed by atoms with Crippen LogP contribution < -0.4 is 21.0 Å². The lowest BCUT2D eigenvalue weighted by Crippen LogP contribution is -2.41. The van der Waals surface area contributed by atoms with Crippen molar-refractivity contribution in [2.24, 2.45) is 0 Å². The zero-order valence-corrected chi connectivity index (χ0v) is 28.4. The van der Waals surface area contributed by atoms with Crippen molar-refractivity contribution in [1.82, 2.24) is 20.3 Å². The van der Waals surface area contributed by atoms with Crippen LogP contribution in [0.4, 0.5) is 10.1 Å². The number of Topliss-reactive ketones (excluding diaryl/α,β-unsaturated/α-hetero) is 1. The van der Waals surface area contributed by atoms with Crippen molar-refractivity contribution in [3.05, 3.63) is 101 Å². The van der Waals surface area contributed by atoms with Crippen molar-refractivity contribution in [2.75, 3.05) is 32.8 Å². The molecular formula is C33H44FN5O4S2. The predicted molar refractivity (Wildman–Crippen MR) is 184 cm³/mol. The molecule has 1 heterocycles. The molecule has 2 amide bonds. The first-order valence-electron chi connectivity index (χ1n) is 14.5. The number of hydrogen-bond acceptors (Lipinski definition) is 8. The van der Waals surface area contributed by atoms with Crippen LogP contribution in [0.3, 0.4) is 0 Å². The van der Waals surface area contributed by atoms with E-state index in [0.29, 0.717) is 5.69 Å². The van der Waals surface area contributed by atoms with Crippen LogP contribution in [-0.4, -0.2) is 61.7 Å². The zero-order valence-electron chi connectivity index (χ0n) is 26.6. The van der Waals surface area contributed by atoms with E-state index in [1.165, 1.54) is 28.8 Å². The highest BCUT2D eigenvalue weighted by Gasteiger charge is 2.26. The molecule has 9 nitrogen and oxygen atoms in total. The van der Waals surface area contributed by atoms with Crippen LogP contribution >= 0.6 is 25.7 Å². The monoisotopic (exact) mass is 657 g/mol. The van der Waals surface area contributed by atoms with Gasteiger partial charge in [0.2, 0.25) is 0 Å². The smallest absolute Gasteiger partial charge is 0.251 e. The molecule has 12 heteroatoms. The number of benzene rings is 3. The molecule has 0 spiro atoms. The number of hydrogen-bond donors (Lipinski definition) is 3. The fraction of sp³-hybridized carbons (Fsp3) is 0.364. The van der Waals surface area contributed by atoms with Gasteiger partial charge in [-0.05, 0) is 83.6 Å². The van der Waals surface area contributed by atoms with Gasteiger partial charge >= 0.3 is 0 Å². The van der Waals surface area contributed by atoms with Gasteiger partial charge in [0.15, 0.2) is 5.78 Å². The summed E-state index contributed by atoms with van der Waals surface area (Å²) in [6.07, 6.45) is 1.66. The normalized spacial score (nSPS) is 16.1. The second-order valence-corrected chi connectivity index (χ2v) is 12.0. The molecule has 1 saturated heterocycles. The summed E-state index contributed by atoms with van der Waals surface area (Å²) < 4.78 is 20.6. The first-order chi connectivity index (χ1) is 20.9. The van der Waals surface area contributed by atoms with Crippen LogP contribution in [0.5, 0.6) is 0 Å². The Hall–Kier alpha value is -3.42. The maximum absolute atomic E-state index is 13.3. The standard InChI is InChI=1S/C26H34FN5O4S.C7H8.H2S/c1-16-6-11-23(29-16)24(33)15-28-25(34)19-12-20(14-22(13-19)32(5)36-37-31(3)4)26(35)30-17(2)18-7-9-21(27)10-8-18;1-7-5-3-2-4-6-7;/h7-10,12-14,16-17,23,29H,6,11,15H2,1-5H3,(H,28,34)(H,30,35);2-6H,1H3;1H2/t16-,17+,23?;;/m0../s1. The maximum atomic E-state index is 13.3. The third-order valence-electron chi connectivity index (χ3n) is 6.94. The lowest BCUT2D eigenvalue weighted by atomic mass is 10.1. The molecule has 0 aliphatic carbocycles. The Kier molecular flexibility index (Phi) is 15.5. The number of nitrogens with one attached hydrogen (secondary N) is 3. The highest BCUT2D eigenvalue weighted by molar-refractivity contribution is 7.92. The summed E-state index contributed by atoms with van der Waals surface area (Å²) in [4.78, 5) is 38.6. The van der Waals surface area contributed by atoms with Crippen molar-refractivity contribution in [2.45, 2.75) is 51.7 Å². The Labute approximate surface area is 277 Å². The predicted octanol–water partition coefficient (Wildman–Crippen LogP) is 5.36. The third-order valence-corrected chi connectivity index (χ3v) is 7.53. The van der Waals surface area contributed by atoms with Gasteiger partial charge in [-0.15, -0.1) is 0 Å². The fourth-order valence-corrected chi connectivity index (χ4v) is 4.76. The van der Waals surface area contributed by atoms with Crippen molar-refractivity contribution in [3.8, 4) is 0 Å². The van der Waals surface area contributed by atoms with Gasteiger partial charge in [0.25, 0.3) is 11.8 Å². The molecular weight excluding hydrogens is 614 g/mol. The van der Waals surface area contributed by atoms with E-state index in [2.05, 4.69) is 35.0 Å². The SMILES string of the molecule is C[C@H]1CCC(C(=O)CNC(=O)c2cc(C(=O)N[C@H](C)c3ccc(F)cc3)cc(N(C)OSN(C)C)c2)N1.Cc1ccccc1.S. The van der Waals surface area contributed by atoms with Crippen molar-refractivity contribution in [3.63, 3.8) is 0 Å². The molecule has 0 aromatic heterocycles. The Balaban J connectivity index is 0.000000776.